The zero-order valence-corrected chi connectivity index (χ0v) is 16.1. The fraction of sp³-hybridized carbons (Fsp3) is 0.632. The van der Waals surface area contributed by atoms with E-state index < -0.39 is 0 Å². The summed E-state index contributed by atoms with van der Waals surface area (Å²) in [6.45, 7) is 10.7. The third kappa shape index (κ3) is 5.42. The first kappa shape index (κ1) is 19.1. The predicted octanol–water partition coefficient (Wildman–Crippen LogP) is 3.85. The molecule has 1 aliphatic heterocycles. The number of benzene rings is 1. The summed E-state index contributed by atoms with van der Waals surface area (Å²) in [5, 5.41) is 0.686. The molecule has 0 saturated heterocycles. The van der Waals surface area contributed by atoms with Crippen molar-refractivity contribution in [3.8, 4) is 5.75 Å². The summed E-state index contributed by atoms with van der Waals surface area (Å²) in [7, 11) is 0. The highest BCUT2D eigenvalue weighted by Crippen LogP contribution is 2.36. The average molecular weight is 350 g/mol. The monoisotopic (exact) mass is 349 g/mol. The van der Waals surface area contributed by atoms with E-state index in [9.17, 15) is 0 Å². The molecule has 1 aromatic carbocycles. The van der Waals surface area contributed by atoms with Gasteiger partial charge in [-0.05, 0) is 57.0 Å². The van der Waals surface area contributed by atoms with Gasteiger partial charge in [0.1, 0.15) is 5.75 Å². The van der Waals surface area contributed by atoms with Gasteiger partial charge in [0.05, 0.1) is 12.1 Å². The normalized spacial score (nSPS) is 20.9. The molecule has 1 unspecified atom stereocenters. The van der Waals surface area contributed by atoms with Gasteiger partial charge in [-0.25, -0.2) is 0 Å². The van der Waals surface area contributed by atoms with E-state index in [1.165, 1.54) is 18.5 Å². The van der Waals surface area contributed by atoms with Crippen molar-refractivity contribution < 1.29 is 4.74 Å². The molecule has 4 nitrogen and oxygen atoms in total. The van der Waals surface area contributed by atoms with Crippen LogP contribution in [-0.2, 0) is 5.54 Å². The Morgan fingerprint density at radius 3 is 2.88 bits per heavy atom. The van der Waals surface area contributed by atoms with Crippen molar-refractivity contribution in [3.05, 3.63) is 29.8 Å². The maximum atomic E-state index is 5.97. The first-order valence-electron chi connectivity index (χ1n) is 9.01. The molecule has 24 heavy (non-hydrogen) atoms. The third-order valence-electron chi connectivity index (χ3n) is 4.53. The van der Waals surface area contributed by atoms with Crippen LogP contribution in [0.15, 0.2) is 29.3 Å². The summed E-state index contributed by atoms with van der Waals surface area (Å²) in [5.74, 6) is 1.94. The molecule has 1 heterocycles. The lowest BCUT2D eigenvalue weighted by Crippen LogP contribution is -2.28. The molecule has 0 saturated carbocycles. The molecule has 2 rings (SSSR count). The van der Waals surface area contributed by atoms with Crippen LogP contribution in [0.1, 0.15) is 45.6 Å². The molecular formula is C19H31N3OS. The Hall–Kier alpha value is -1.20. The largest absolute Gasteiger partial charge is 0.494 e. The van der Waals surface area contributed by atoms with Crippen LogP contribution in [0.5, 0.6) is 5.75 Å². The number of nitrogens with two attached hydrogens (primary N) is 1. The number of aliphatic imine (C=N–C) groups is 1. The molecule has 2 N–H and O–H groups in total. The van der Waals surface area contributed by atoms with Crippen LogP contribution >= 0.6 is 11.8 Å². The quantitative estimate of drug-likeness (QED) is 0.688. The number of amidine groups is 1. The lowest BCUT2D eigenvalue weighted by atomic mass is 9.90. The lowest BCUT2D eigenvalue weighted by Gasteiger charge is -2.30. The first-order valence-corrected chi connectivity index (χ1v) is 9.99. The molecule has 0 bridgehead atoms. The topological polar surface area (TPSA) is 50.9 Å². The third-order valence-corrected chi connectivity index (χ3v) is 5.32. The summed E-state index contributed by atoms with van der Waals surface area (Å²) in [4.78, 5) is 7.14. The van der Waals surface area contributed by atoms with Gasteiger partial charge in [0.2, 0.25) is 0 Å². The number of nitrogens with zero attached hydrogens (tertiary/aromatic N) is 2. The molecule has 1 aromatic rings. The Balaban J connectivity index is 1.90. The smallest absolute Gasteiger partial charge is 0.154 e. The summed E-state index contributed by atoms with van der Waals surface area (Å²) in [6.07, 6.45) is 3.26. The van der Waals surface area contributed by atoms with Crippen molar-refractivity contribution in [2.24, 2.45) is 10.7 Å². The molecular weight excluding hydrogens is 318 g/mol. The first-order chi connectivity index (χ1) is 11.6. The molecule has 0 radical (unpaired) electrons. The molecule has 0 aliphatic carbocycles. The minimum atomic E-state index is -0.227. The summed E-state index contributed by atoms with van der Waals surface area (Å²) >= 11 is 1.64. The molecule has 1 aliphatic rings. The van der Waals surface area contributed by atoms with Crippen LogP contribution < -0.4 is 10.5 Å². The zero-order valence-electron chi connectivity index (χ0n) is 15.3. The van der Waals surface area contributed by atoms with Crippen LogP contribution in [0, 0.1) is 0 Å². The number of rotatable bonds is 9. The van der Waals surface area contributed by atoms with E-state index in [1.807, 2.05) is 6.07 Å². The van der Waals surface area contributed by atoms with Crippen molar-refractivity contribution in [2.45, 2.75) is 45.6 Å². The van der Waals surface area contributed by atoms with E-state index in [2.05, 4.69) is 48.9 Å². The number of thioether (sulfide) groups is 1. The van der Waals surface area contributed by atoms with E-state index in [1.54, 1.807) is 11.8 Å². The maximum absolute atomic E-state index is 5.97. The molecule has 0 spiro atoms. The molecule has 0 amide bonds. The van der Waals surface area contributed by atoms with E-state index in [0.29, 0.717) is 5.17 Å². The second-order valence-corrected chi connectivity index (χ2v) is 7.60. The number of ether oxygens (including phenoxy) is 1. The van der Waals surface area contributed by atoms with Gasteiger partial charge in [0.15, 0.2) is 5.17 Å². The van der Waals surface area contributed by atoms with Gasteiger partial charge in [0.25, 0.3) is 0 Å². The van der Waals surface area contributed by atoms with Crippen LogP contribution in [0.4, 0.5) is 0 Å². The van der Waals surface area contributed by atoms with Crippen LogP contribution in [-0.4, -0.2) is 42.1 Å². The fourth-order valence-electron chi connectivity index (χ4n) is 3.04. The van der Waals surface area contributed by atoms with Gasteiger partial charge < -0.3 is 15.4 Å². The highest BCUT2D eigenvalue weighted by atomic mass is 32.2. The Bertz CT molecular complexity index is 549. The molecule has 0 fully saturated rings. The van der Waals surface area contributed by atoms with Gasteiger partial charge >= 0.3 is 0 Å². The Morgan fingerprint density at radius 2 is 2.17 bits per heavy atom. The number of hydrogen-bond acceptors (Lipinski definition) is 5. The predicted molar refractivity (Wildman–Crippen MR) is 105 cm³/mol. The summed E-state index contributed by atoms with van der Waals surface area (Å²) in [6, 6.07) is 8.33. The summed E-state index contributed by atoms with van der Waals surface area (Å²) < 4.78 is 5.97. The van der Waals surface area contributed by atoms with E-state index in [4.69, 9.17) is 10.5 Å². The van der Waals surface area contributed by atoms with E-state index in [0.717, 1.165) is 44.0 Å². The molecule has 0 aromatic heterocycles. The zero-order chi connectivity index (χ0) is 17.4. The van der Waals surface area contributed by atoms with Gasteiger partial charge in [-0.1, -0.05) is 37.7 Å². The van der Waals surface area contributed by atoms with E-state index in [-0.39, 0.29) is 5.54 Å². The molecule has 134 valence electrons. The van der Waals surface area contributed by atoms with Crippen molar-refractivity contribution in [3.63, 3.8) is 0 Å². The van der Waals surface area contributed by atoms with E-state index >= 15 is 0 Å². The van der Waals surface area contributed by atoms with Gasteiger partial charge in [-0.15, -0.1) is 0 Å². The second kappa shape index (κ2) is 9.33. The number of hydrogen-bond donors (Lipinski definition) is 1. The minimum Gasteiger partial charge on any atom is -0.494 e. The van der Waals surface area contributed by atoms with Crippen molar-refractivity contribution in [1.29, 1.82) is 0 Å². The van der Waals surface area contributed by atoms with Crippen LogP contribution in [0.3, 0.4) is 0 Å². The molecule has 5 heteroatoms. The minimum absolute atomic E-state index is 0.227. The molecule has 1 atom stereocenters. The van der Waals surface area contributed by atoms with Gasteiger partial charge in [0, 0.05) is 12.3 Å². The van der Waals surface area contributed by atoms with Crippen LogP contribution in [0.25, 0.3) is 0 Å². The average Bonchev–Trinajstić information content (AvgIpc) is 2.58. The highest BCUT2D eigenvalue weighted by Gasteiger charge is 2.29. The van der Waals surface area contributed by atoms with Crippen molar-refractivity contribution >= 4 is 16.9 Å². The van der Waals surface area contributed by atoms with Gasteiger partial charge in [-0.2, -0.15) is 0 Å². The standard InChI is InChI=1S/C19H31N3OS/c1-4-11-22(5-2)12-7-13-23-17-9-6-8-16(15-17)19(3)10-14-24-18(20)21-19/h6,8-9,15H,4-5,7,10-14H2,1-3H3,(H2,20,21). The van der Waals surface area contributed by atoms with Crippen LogP contribution in [0.2, 0.25) is 0 Å². The summed E-state index contributed by atoms with van der Waals surface area (Å²) in [5.41, 5.74) is 6.88. The lowest BCUT2D eigenvalue weighted by molar-refractivity contribution is 0.241. The fourth-order valence-corrected chi connectivity index (χ4v) is 4.01. The Kier molecular flexibility index (Phi) is 7.43. The van der Waals surface area contributed by atoms with Gasteiger partial charge in [-0.3, -0.25) is 4.99 Å². The highest BCUT2D eigenvalue weighted by molar-refractivity contribution is 8.13. The Morgan fingerprint density at radius 1 is 1.33 bits per heavy atom. The van der Waals surface area contributed by atoms with Crippen molar-refractivity contribution in [1.82, 2.24) is 4.90 Å². The van der Waals surface area contributed by atoms with Crippen molar-refractivity contribution in [2.75, 3.05) is 32.0 Å². The second-order valence-electron chi connectivity index (χ2n) is 6.49. The Labute approximate surface area is 150 Å². The maximum Gasteiger partial charge on any atom is 0.154 e. The SMILES string of the molecule is CCCN(CC)CCCOc1cccc(C2(C)CCSC(N)=N2)c1.